The van der Waals surface area contributed by atoms with Gasteiger partial charge in [0.05, 0.1) is 6.61 Å². The number of rotatable bonds is 12. The van der Waals surface area contributed by atoms with Crippen LogP contribution in [-0.4, -0.2) is 116 Å². The van der Waals surface area contributed by atoms with Gasteiger partial charge in [-0.05, 0) is 6.42 Å². The standard InChI is InChI=1S/C20H36O12/c1-2-3-4-5-6-7-8-29-19-15(25)12(22)11(21)10(31-19)9-30-20-16(26)13(23)14(24)17(32-20)18(27)28/h10-17,19-26H,2-9H2,1H3,(H,27,28)/t10?,11-,12?,13?,14?,15-,16-,17?,19?,20+/m1/s1. The lowest BCUT2D eigenvalue weighted by Crippen LogP contribution is -2.62. The summed E-state index contributed by atoms with van der Waals surface area (Å²) in [5, 5.41) is 69.0. The summed E-state index contributed by atoms with van der Waals surface area (Å²) in [6, 6.07) is 0. The summed E-state index contributed by atoms with van der Waals surface area (Å²) in [5.41, 5.74) is 0. The number of aliphatic carboxylic acids is 1. The highest BCUT2D eigenvalue weighted by atomic mass is 16.7. The van der Waals surface area contributed by atoms with Gasteiger partial charge in [0.2, 0.25) is 0 Å². The van der Waals surface area contributed by atoms with Crippen LogP contribution in [0.5, 0.6) is 0 Å². The van der Waals surface area contributed by atoms with Gasteiger partial charge in [0, 0.05) is 6.61 Å². The maximum Gasteiger partial charge on any atom is 0.335 e. The minimum Gasteiger partial charge on any atom is -0.479 e. The normalized spacial score (nSPS) is 40.3. The van der Waals surface area contributed by atoms with Crippen LogP contribution < -0.4 is 0 Å². The Bertz CT molecular complexity index is 563. The summed E-state index contributed by atoms with van der Waals surface area (Å²) in [6.07, 6.45) is -9.86. The second-order valence-corrected chi connectivity index (χ2v) is 8.22. The monoisotopic (exact) mass is 468 g/mol. The predicted molar refractivity (Wildman–Crippen MR) is 106 cm³/mol. The van der Waals surface area contributed by atoms with Crippen LogP contribution in [0.1, 0.15) is 45.4 Å². The van der Waals surface area contributed by atoms with Crippen molar-refractivity contribution >= 4 is 5.97 Å². The van der Waals surface area contributed by atoms with E-state index in [0.717, 1.165) is 32.1 Å². The van der Waals surface area contributed by atoms with Gasteiger partial charge in [-0.25, -0.2) is 4.79 Å². The number of hydrogen-bond donors (Lipinski definition) is 7. The molecular formula is C20H36O12. The van der Waals surface area contributed by atoms with Gasteiger partial charge in [-0.2, -0.15) is 0 Å². The number of aliphatic hydroxyl groups excluding tert-OH is 6. The molecule has 2 rings (SSSR count). The zero-order valence-electron chi connectivity index (χ0n) is 18.1. The summed E-state index contributed by atoms with van der Waals surface area (Å²) in [4.78, 5) is 11.2. The molecule has 10 atom stereocenters. The molecule has 0 bridgehead atoms. The first-order valence-corrected chi connectivity index (χ1v) is 11.0. The summed E-state index contributed by atoms with van der Waals surface area (Å²) in [7, 11) is 0. The maximum absolute atomic E-state index is 11.2. The molecule has 0 aliphatic carbocycles. The van der Waals surface area contributed by atoms with Crippen LogP contribution in [0.4, 0.5) is 0 Å². The fraction of sp³-hybridized carbons (Fsp3) is 0.950. The molecule has 0 amide bonds. The lowest BCUT2D eigenvalue weighted by molar-refractivity contribution is -0.327. The van der Waals surface area contributed by atoms with E-state index < -0.39 is 74.0 Å². The first kappa shape index (κ1) is 27.3. The number of carbonyl (C=O) groups is 1. The van der Waals surface area contributed by atoms with Gasteiger partial charge >= 0.3 is 5.97 Å². The van der Waals surface area contributed by atoms with E-state index >= 15 is 0 Å². The fourth-order valence-electron chi connectivity index (χ4n) is 3.65. The maximum atomic E-state index is 11.2. The highest BCUT2D eigenvalue weighted by molar-refractivity contribution is 5.73. The average molecular weight is 468 g/mol. The SMILES string of the molecule is CCCCCCCCOC1OC(CO[C@H]2OC(C(=O)O)C(O)C(O)[C@H]2O)[C@@H](O)C(O)[C@H]1O. The quantitative estimate of drug-likeness (QED) is 0.157. The Morgan fingerprint density at radius 1 is 0.719 bits per heavy atom. The van der Waals surface area contributed by atoms with Crippen molar-refractivity contribution in [3.05, 3.63) is 0 Å². The van der Waals surface area contributed by atoms with Crippen LogP contribution >= 0.6 is 0 Å². The molecule has 2 aliphatic heterocycles. The summed E-state index contributed by atoms with van der Waals surface area (Å²) in [5.74, 6) is -1.56. The van der Waals surface area contributed by atoms with E-state index in [1.54, 1.807) is 0 Å². The van der Waals surface area contributed by atoms with E-state index in [1.165, 1.54) is 6.42 Å². The van der Waals surface area contributed by atoms with Crippen LogP contribution in [-0.2, 0) is 23.7 Å². The first-order chi connectivity index (χ1) is 15.2. The van der Waals surface area contributed by atoms with E-state index in [0.29, 0.717) is 0 Å². The van der Waals surface area contributed by atoms with Crippen molar-refractivity contribution in [1.29, 1.82) is 0 Å². The van der Waals surface area contributed by atoms with Crippen LogP contribution in [0, 0.1) is 0 Å². The molecular weight excluding hydrogens is 432 g/mol. The summed E-state index contributed by atoms with van der Waals surface area (Å²) < 4.78 is 21.3. The Kier molecular flexibility index (Phi) is 11.2. The predicted octanol–water partition coefficient (Wildman–Crippen LogP) is -1.92. The van der Waals surface area contributed by atoms with Crippen molar-refractivity contribution in [3.63, 3.8) is 0 Å². The molecule has 0 aromatic rings. The zero-order chi connectivity index (χ0) is 23.8. The van der Waals surface area contributed by atoms with Crippen molar-refractivity contribution in [2.75, 3.05) is 13.2 Å². The van der Waals surface area contributed by atoms with Crippen LogP contribution in [0.3, 0.4) is 0 Å². The summed E-state index contributed by atoms with van der Waals surface area (Å²) in [6.45, 7) is 1.92. The van der Waals surface area contributed by atoms with Gasteiger partial charge < -0.3 is 54.7 Å². The molecule has 6 unspecified atom stereocenters. The highest BCUT2D eigenvalue weighted by Crippen LogP contribution is 2.26. The number of unbranched alkanes of at least 4 members (excludes halogenated alkanes) is 5. The van der Waals surface area contributed by atoms with Crippen molar-refractivity contribution in [3.8, 4) is 0 Å². The topological polar surface area (TPSA) is 196 Å². The Labute approximate surface area is 186 Å². The number of ether oxygens (including phenoxy) is 4. The lowest BCUT2D eigenvalue weighted by Gasteiger charge is -2.42. The molecule has 2 fully saturated rings. The van der Waals surface area contributed by atoms with Crippen molar-refractivity contribution in [1.82, 2.24) is 0 Å². The van der Waals surface area contributed by atoms with Gasteiger partial charge in [0.15, 0.2) is 18.7 Å². The second kappa shape index (κ2) is 13.1. The van der Waals surface area contributed by atoms with Crippen LogP contribution in [0.15, 0.2) is 0 Å². The van der Waals surface area contributed by atoms with Crippen molar-refractivity contribution < 1.29 is 59.5 Å². The van der Waals surface area contributed by atoms with E-state index in [4.69, 9.17) is 24.1 Å². The number of carboxylic acid groups (broad SMARTS) is 1. The minimum absolute atomic E-state index is 0.277. The number of carboxylic acids is 1. The number of aliphatic hydroxyl groups is 6. The van der Waals surface area contributed by atoms with Gasteiger partial charge in [-0.15, -0.1) is 0 Å². The molecule has 0 aromatic carbocycles. The smallest absolute Gasteiger partial charge is 0.335 e. The largest absolute Gasteiger partial charge is 0.479 e. The molecule has 188 valence electrons. The number of hydrogen-bond acceptors (Lipinski definition) is 11. The molecule has 0 radical (unpaired) electrons. The molecule has 2 heterocycles. The highest BCUT2D eigenvalue weighted by Gasteiger charge is 2.49. The van der Waals surface area contributed by atoms with Gasteiger partial charge in [-0.1, -0.05) is 39.0 Å². The van der Waals surface area contributed by atoms with E-state index in [2.05, 4.69) is 6.92 Å². The Morgan fingerprint density at radius 3 is 1.91 bits per heavy atom. The van der Waals surface area contributed by atoms with Crippen LogP contribution in [0.25, 0.3) is 0 Å². The summed E-state index contributed by atoms with van der Waals surface area (Å²) >= 11 is 0. The molecule has 32 heavy (non-hydrogen) atoms. The molecule has 0 saturated carbocycles. The van der Waals surface area contributed by atoms with Gasteiger partial charge in [0.25, 0.3) is 0 Å². The van der Waals surface area contributed by atoms with E-state index in [9.17, 15) is 35.4 Å². The third-order valence-electron chi connectivity index (χ3n) is 5.69. The molecule has 2 saturated heterocycles. The zero-order valence-corrected chi connectivity index (χ0v) is 18.1. The first-order valence-electron chi connectivity index (χ1n) is 11.0. The van der Waals surface area contributed by atoms with Crippen molar-refractivity contribution in [2.45, 2.75) is 107 Å². The molecule has 12 heteroatoms. The molecule has 0 aromatic heterocycles. The fourth-order valence-corrected chi connectivity index (χ4v) is 3.65. The molecule has 2 aliphatic rings. The Balaban J connectivity index is 1.86. The van der Waals surface area contributed by atoms with Crippen LogP contribution in [0.2, 0.25) is 0 Å². The average Bonchev–Trinajstić information content (AvgIpc) is 2.76. The Morgan fingerprint density at radius 2 is 1.28 bits per heavy atom. The van der Waals surface area contributed by atoms with Crippen molar-refractivity contribution in [2.24, 2.45) is 0 Å². The Hall–Kier alpha value is -0.930. The molecule has 0 spiro atoms. The third kappa shape index (κ3) is 7.03. The third-order valence-corrected chi connectivity index (χ3v) is 5.69. The molecule has 12 nitrogen and oxygen atoms in total. The van der Waals surface area contributed by atoms with E-state index in [-0.39, 0.29) is 6.61 Å². The lowest BCUT2D eigenvalue weighted by atomic mass is 9.98. The van der Waals surface area contributed by atoms with E-state index in [1.807, 2.05) is 0 Å². The second-order valence-electron chi connectivity index (χ2n) is 8.22. The molecule has 7 N–H and O–H groups in total. The van der Waals surface area contributed by atoms with Gasteiger partial charge in [-0.3, -0.25) is 0 Å². The minimum atomic E-state index is -1.87. The van der Waals surface area contributed by atoms with Gasteiger partial charge in [0.1, 0.15) is 42.7 Å².